The monoisotopic (exact) mass is 564 g/mol. The van der Waals surface area contributed by atoms with Gasteiger partial charge in [-0.1, -0.05) is 85.9 Å². The fraction of sp³-hybridized carbons (Fsp3) is 0.345. The van der Waals surface area contributed by atoms with Crippen molar-refractivity contribution >= 4 is 58.8 Å². The molecule has 3 aromatic carbocycles. The minimum absolute atomic E-state index is 0. The summed E-state index contributed by atoms with van der Waals surface area (Å²) in [5, 5.41) is 5.07. The molecular weight excluding hydrogens is 534 g/mol. The van der Waals surface area contributed by atoms with Crippen LogP contribution in [0.2, 0.25) is 15.1 Å². The van der Waals surface area contributed by atoms with Crippen LogP contribution in [0.4, 0.5) is 5.69 Å². The van der Waals surface area contributed by atoms with Crippen molar-refractivity contribution in [2.75, 3.05) is 18.4 Å². The lowest BCUT2D eigenvalue weighted by atomic mass is 9.87. The van der Waals surface area contributed by atoms with E-state index < -0.39 is 0 Å². The van der Waals surface area contributed by atoms with Gasteiger partial charge in [-0.3, -0.25) is 4.79 Å². The molecular formula is C29H32Cl4N2O. The van der Waals surface area contributed by atoms with E-state index in [1.54, 1.807) is 12.1 Å². The third-order valence-corrected chi connectivity index (χ3v) is 7.43. The maximum absolute atomic E-state index is 13.9. The molecule has 1 amide bonds. The molecule has 1 heterocycles. The highest BCUT2D eigenvalue weighted by Crippen LogP contribution is 2.32. The highest BCUT2D eigenvalue weighted by Gasteiger charge is 2.24. The molecule has 1 aliphatic rings. The number of carbonyl (C=O) groups excluding carboxylic acids is 1. The van der Waals surface area contributed by atoms with Gasteiger partial charge in [0.05, 0.1) is 21.3 Å². The van der Waals surface area contributed by atoms with Gasteiger partial charge in [0.1, 0.15) is 0 Å². The summed E-state index contributed by atoms with van der Waals surface area (Å²) in [7, 11) is 0. The van der Waals surface area contributed by atoms with Gasteiger partial charge in [-0.2, -0.15) is 0 Å². The first-order valence-electron chi connectivity index (χ1n) is 12.0. The van der Waals surface area contributed by atoms with Gasteiger partial charge in [-0.25, -0.2) is 0 Å². The average Bonchev–Trinajstić information content (AvgIpc) is 2.82. The normalized spacial score (nSPS) is 12.8. The largest absolute Gasteiger partial charge is 0.384 e. The molecule has 0 aromatic heterocycles. The van der Waals surface area contributed by atoms with Crippen molar-refractivity contribution < 1.29 is 4.79 Å². The number of benzene rings is 3. The van der Waals surface area contributed by atoms with Crippen molar-refractivity contribution in [3.63, 3.8) is 0 Å². The quantitative estimate of drug-likeness (QED) is 0.324. The number of nitrogens with zero attached hydrogens (tertiary/aromatic N) is 1. The zero-order chi connectivity index (χ0) is 25.2. The Morgan fingerprint density at radius 1 is 0.944 bits per heavy atom. The molecule has 192 valence electrons. The highest BCUT2D eigenvalue weighted by atomic mass is 35.5. The highest BCUT2D eigenvalue weighted by molar-refractivity contribution is 6.42. The lowest BCUT2D eigenvalue weighted by Gasteiger charge is -2.27. The SMILES string of the molecule is CC(C)(C)c1ccc(CN(CCc2ccc(Cl)c(Cl)c2)C(=O)c2cc(Cl)cc3c2NCCC3)cc1.Cl. The van der Waals surface area contributed by atoms with Crippen LogP contribution in [-0.4, -0.2) is 23.9 Å². The molecule has 36 heavy (non-hydrogen) atoms. The van der Waals surface area contributed by atoms with Crippen molar-refractivity contribution in [2.24, 2.45) is 0 Å². The Balaban J connectivity index is 0.00000361. The third-order valence-electron chi connectivity index (χ3n) is 6.47. The fourth-order valence-corrected chi connectivity index (χ4v) is 5.00. The predicted molar refractivity (Wildman–Crippen MR) is 156 cm³/mol. The molecule has 0 atom stereocenters. The van der Waals surface area contributed by atoms with Crippen LogP contribution in [0, 0.1) is 0 Å². The zero-order valence-electron chi connectivity index (χ0n) is 20.8. The number of nitrogens with one attached hydrogen (secondary N) is 1. The minimum atomic E-state index is -0.0295. The maximum Gasteiger partial charge on any atom is 0.256 e. The van der Waals surface area contributed by atoms with Crippen LogP contribution in [0.15, 0.2) is 54.6 Å². The van der Waals surface area contributed by atoms with Gasteiger partial charge in [0.2, 0.25) is 0 Å². The van der Waals surface area contributed by atoms with Crippen molar-refractivity contribution in [3.8, 4) is 0 Å². The Kier molecular flexibility index (Phi) is 9.62. The molecule has 1 N–H and O–H groups in total. The van der Waals surface area contributed by atoms with E-state index in [0.29, 0.717) is 40.1 Å². The van der Waals surface area contributed by atoms with Crippen LogP contribution >= 0.6 is 47.2 Å². The number of hydrogen-bond acceptors (Lipinski definition) is 2. The summed E-state index contributed by atoms with van der Waals surface area (Å²) in [6.45, 7) is 8.50. The Morgan fingerprint density at radius 3 is 2.31 bits per heavy atom. The number of anilines is 1. The Morgan fingerprint density at radius 2 is 1.64 bits per heavy atom. The van der Waals surface area contributed by atoms with Crippen LogP contribution in [0.1, 0.15) is 59.8 Å². The average molecular weight is 566 g/mol. The summed E-state index contributed by atoms with van der Waals surface area (Å²) in [5.41, 5.74) is 6.11. The van der Waals surface area contributed by atoms with Crippen LogP contribution < -0.4 is 5.32 Å². The van der Waals surface area contributed by atoms with Crippen LogP contribution in [0.5, 0.6) is 0 Å². The van der Waals surface area contributed by atoms with Gasteiger partial charge in [-0.05, 0) is 71.2 Å². The molecule has 1 aliphatic heterocycles. The lowest BCUT2D eigenvalue weighted by molar-refractivity contribution is 0.0746. The second-order valence-corrected chi connectivity index (χ2v) is 11.4. The van der Waals surface area contributed by atoms with Gasteiger partial charge in [0.15, 0.2) is 0 Å². The number of carbonyl (C=O) groups is 1. The van der Waals surface area contributed by atoms with E-state index in [9.17, 15) is 4.79 Å². The molecule has 3 aromatic rings. The van der Waals surface area contributed by atoms with E-state index in [4.69, 9.17) is 34.8 Å². The summed E-state index contributed by atoms with van der Waals surface area (Å²) in [6, 6.07) is 17.9. The topological polar surface area (TPSA) is 32.3 Å². The van der Waals surface area contributed by atoms with Gasteiger partial charge < -0.3 is 10.2 Å². The number of hydrogen-bond donors (Lipinski definition) is 1. The summed E-state index contributed by atoms with van der Waals surface area (Å²) in [4.78, 5) is 15.8. The summed E-state index contributed by atoms with van der Waals surface area (Å²) < 4.78 is 0. The van der Waals surface area contributed by atoms with Crippen molar-refractivity contribution in [1.82, 2.24) is 4.90 Å². The van der Waals surface area contributed by atoms with Gasteiger partial charge >= 0.3 is 0 Å². The molecule has 0 fully saturated rings. The first-order valence-corrected chi connectivity index (χ1v) is 13.1. The van der Waals surface area contributed by atoms with Gasteiger partial charge in [-0.15, -0.1) is 12.4 Å². The van der Waals surface area contributed by atoms with Crippen LogP contribution in [0.25, 0.3) is 0 Å². The summed E-state index contributed by atoms with van der Waals surface area (Å²) >= 11 is 18.8. The van der Waals surface area contributed by atoms with E-state index in [-0.39, 0.29) is 23.7 Å². The first kappa shape index (κ1) is 28.7. The van der Waals surface area contributed by atoms with E-state index >= 15 is 0 Å². The van der Waals surface area contributed by atoms with Gasteiger partial charge in [0.25, 0.3) is 5.91 Å². The number of halogens is 4. The molecule has 0 spiro atoms. The van der Waals surface area contributed by atoms with E-state index in [2.05, 4.69) is 50.4 Å². The second kappa shape index (κ2) is 12.1. The predicted octanol–water partition coefficient (Wildman–Crippen LogP) is 8.61. The Labute approximate surface area is 235 Å². The molecule has 0 bridgehead atoms. The van der Waals surface area contributed by atoms with Crippen molar-refractivity contribution in [1.29, 1.82) is 0 Å². The summed E-state index contributed by atoms with van der Waals surface area (Å²) in [6.07, 6.45) is 2.61. The number of fused-ring (bicyclic) bond motifs is 1. The third kappa shape index (κ3) is 6.89. The minimum Gasteiger partial charge on any atom is -0.384 e. The molecule has 0 aliphatic carbocycles. The lowest BCUT2D eigenvalue weighted by Crippen LogP contribution is -2.33. The number of aryl methyl sites for hydroxylation is 1. The smallest absolute Gasteiger partial charge is 0.256 e. The molecule has 0 radical (unpaired) electrons. The fourth-order valence-electron chi connectivity index (χ4n) is 4.44. The number of rotatable bonds is 6. The van der Waals surface area contributed by atoms with E-state index in [1.807, 2.05) is 23.1 Å². The Hall–Kier alpha value is -1.91. The number of amides is 1. The molecule has 0 unspecified atom stereocenters. The molecule has 4 rings (SSSR count). The Bertz CT molecular complexity index is 1220. The van der Waals surface area contributed by atoms with Crippen molar-refractivity contribution in [3.05, 3.63) is 97.5 Å². The van der Waals surface area contributed by atoms with Gasteiger partial charge in [0, 0.05) is 24.7 Å². The zero-order valence-corrected chi connectivity index (χ0v) is 23.9. The maximum atomic E-state index is 13.9. The standard InChI is InChI=1S/C29H31Cl3N2O.ClH/c1-29(2,3)22-9-6-20(7-10-22)18-34(14-12-19-8-11-25(31)26(32)15-19)28(35)24-17-23(30)16-21-5-4-13-33-27(21)24;/h6-11,15-17,33H,4-5,12-14,18H2,1-3H3;1H. The van der Waals surface area contributed by atoms with E-state index in [1.165, 1.54) is 5.56 Å². The molecule has 3 nitrogen and oxygen atoms in total. The molecule has 0 saturated heterocycles. The van der Waals surface area contributed by atoms with Crippen LogP contribution in [-0.2, 0) is 24.8 Å². The second-order valence-electron chi connectivity index (χ2n) is 10.2. The van der Waals surface area contributed by atoms with Crippen LogP contribution in [0.3, 0.4) is 0 Å². The molecule has 7 heteroatoms. The van der Waals surface area contributed by atoms with E-state index in [0.717, 1.165) is 41.8 Å². The first-order chi connectivity index (χ1) is 16.6. The van der Waals surface area contributed by atoms with Crippen molar-refractivity contribution in [2.45, 2.75) is 52.0 Å². The summed E-state index contributed by atoms with van der Waals surface area (Å²) in [5.74, 6) is -0.0295. The molecule has 0 saturated carbocycles.